The molecule has 90 heavy (non-hydrogen) atoms. The molecule has 3 amide bonds. The lowest BCUT2D eigenvalue weighted by atomic mass is 9.84. The number of aryl methyl sites for hydroxylation is 1. The van der Waals surface area contributed by atoms with Gasteiger partial charge in [-0.05, 0) is 187 Å². The number of nitrogens with one attached hydrogen (secondary N) is 3. The summed E-state index contributed by atoms with van der Waals surface area (Å²) in [6.07, 6.45) is 32.3. The molecule has 0 heterocycles. The quantitative estimate of drug-likeness (QED) is 0.0421. The predicted octanol–water partition coefficient (Wildman–Crippen LogP) is 16.9. The molecule has 0 radical (unpaired) electrons. The van der Waals surface area contributed by atoms with Crippen LogP contribution in [0.1, 0.15) is 258 Å². The summed E-state index contributed by atoms with van der Waals surface area (Å²) < 4.78 is 22.6. The molecule has 3 aromatic carbocycles. The Bertz CT molecular complexity index is 2750. The summed E-state index contributed by atoms with van der Waals surface area (Å²) in [5, 5.41) is 9.46. The van der Waals surface area contributed by atoms with Gasteiger partial charge in [-0.3, -0.25) is 14.4 Å². The Morgan fingerprint density at radius 3 is 1.13 bits per heavy atom. The molecule has 13 heteroatoms. The van der Waals surface area contributed by atoms with Crippen LogP contribution in [-0.2, 0) is 43.0 Å². The maximum absolute atomic E-state index is 12.4. The van der Waals surface area contributed by atoms with Crippen molar-refractivity contribution in [3.05, 3.63) is 119 Å². The smallest absolute Gasteiger partial charge is 0.331 e. The Hall–Kier alpha value is -6.50. The summed E-state index contributed by atoms with van der Waals surface area (Å²) in [4.78, 5) is 73.5. The van der Waals surface area contributed by atoms with Gasteiger partial charge in [-0.2, -0.15) is 0 Å². The van der Waals surface area contributed by atoms with Crippen molar-refractivity contribution >= 4 is 53.9 Å². The third kappa shape index (κ3) is 26.8. The summed E-state index contributed by atoms with van der Waals surface area (Å²) in [5.41, 5.74) is 4.56. The average Bonchev–Trinajstić information content (AvgIpc) is 2.72. The van der Waals surface area contributed by atoms with Crippen LogP contribution in [-0.4, -0.2) is 78.7 Å². The minimum absolute atomic E-state index is 0.0573. The Morgan fingerprint density at radius 2 is 0.800 bits per heavy atom. The lowest BCUT2D eigenvalue weighted by Gasteiger charge is -2.31. The first kappa shape index (κ1) is 74.2. The van der Waals surface area contributed by atoms with Crippen LogP contribution in [0.15, 0.2) is 91.0 Å². The van der Waals surface area contributed by atoms with Crippen LogP contribution in [0.4, 0.5) is 0 Å². The van der Waals surface area contributed by atoms with Gasteiger partial charge in [0.15, 0.2) is 0 Å². The number of carbonyl (C=O) groups excluding carboxylic acids is 6. The minimum atomic E-state index is -0.342. The highest BCUT2D eigenvalue weighted by Crippen LogP contribution is 2.33. The predicted molar refractivity (Wildman–Crippen MR) is 364 cm³/mol. The monoisotopic (exact) mass is 1240 g/mol. The number of ether oxygens (including phenoxy) is 4. The van der Waals surface area contributed by atoms with Gasteiger partial charge in [-0.15, -0.1) is 0 Å². The van der Waals surface area contributed by atoms with Crippen LogP contribution >= 0.6 is 0 Å². The maximum Gasteiger partial charge on any atom is 0.331 e. The summed E-state index contributed by atoms with van der Waals surface area (Å²) in [5.74, 6) is 1.54. The first-order valence-electron chi connectivity index (χ1n) is 34.4. The van der Waals surface area contributed by atoms with E-state index in [1.807, 2.05) is 124 Å². The molecule has 0 bridgehead atoms. The van der Waals surface area contributed by atoms with E-state index in [0.29, 0.717) is 11.8 Å². The van der Waals surface area contributed by atoms with Gasteiger partial charge in [0.2, 0.25) is 17.7 Å². The van der Waals surface area contributed by atoms with E-state index in [4.69, 9.17) is 18.9 Å². The fourth-order valence-electron chi connectivity index (χ4n) is 11.2. The standard InChI is InChI=1S/C28H43NO4.C27H39NO3.C22H31NO3/c1-6-8-9-21(3)20-32-24-15-10-22(11-16-24)12-19-26(30)33-25-17-13-23(14-18-25)29-27(31)28(4,5)7-2;1-4-27(2,3)26(30)28-23-15-17-24(18-16-23)31-25(29)19-12-20-10-13-22(14-11-20)21-8-6-5-7-9-21;1-5-22(3,4)21(25)23-18-11-13-19(14-12-18)26-20(24)15-10-17-8-6-16(2)7-9-17/h10-12,15-16,19,21,23,25H,6-9,13-14,17-18,20H2,1-5H3,(H,29,31);10-14,19,21,23-24H,4-9,15-18H2,1-3H3,(H,28,30);6-10,15,18-19H,5,11-14H2,1-4H3,(H,23,25)/b2*19-12+;15-10+. The molecule has 7 rings (SSSR count). The number of esters is 3. The first-order valence-corrected chi connectivity index (χ1v) is 34.4. The number of hydrogen-bond acceptors (Lipinski definition) is 10. The molecular weight excluding hydrogens is 1130 g/mol. The normalized spacial score (nSPS) is 21.2. The molecule has 13 nitrogen and oxygen atoms in total. The number of benzene rings is 3. The second kappa shape index (κ2) is 37.7. The maximum atomic E-state index is 12.4. The van der Waals surface area contributed by atoms with Gasteiger partial charge in [0.05, 0.1) is 6.61 Å². The number of rotatable bonds is 25. The Kier molecular flexibility index (Phi) is 31.1. The van der Waals surface area contributed by atoms with E-state index in [2.05, 4.69) is 54.1 Å². The fraction of sp³-hybridized carbons (Fsp3) is 0.610. The van der Waals surface area contributed by atoms with Gasteiger partial charge in [0.25, 0.3) is 0 Å². The van der Waals surface area contributed by atoms with E-state index < -0.39 is 0 Å². The van der Waals surface area contributed by atoms with Crippen LogP contribution in [0, 0.1) is 29.1 Å². The highest BCUT2D eigenvalue weighted by molar-refractivity contribution is 5.88. The summed E-state index contributed by atoms with van der Waals surface area (Å²) in [6.45, 7) is 25.1. The second-order valence-electron chi connectivity index (χ2n) is 27.9. The molecule has 3 aromatic rings. The highest BCUT2D eigenvalue weighted by atomic mass is 16.6. The van der Waals surface area contributed by atoms with Crippen molar-refractivity contribution in [3.63, 3.8) is 0 Å². The lowest BCUT2D eigenvalue weighted by molar-refractivity contribution is -0.145. The molecule has 3 N–H and O–H groups in total. The summed E-state index contributed by atoms with van der Waals surface area (Å²) in [7, 11) is 0. The zero-order valence-electron chi connectivity index (χ0n) is 57.1. The van der Waals surface area contributed by atoms with E-state index in [-0.39, 0.29) is 88.3 Å². The molecule has 1 unspecified atom stereocenters. The molecule has 0 aromatic heterocycles. The van der Waals surface area contributed by atoms with Crippen molar-refractivity contribution < 1.29 is 47.7 Å². The highest BCUT2D eigenvalue weighted by Gasteiger charge is 2.33. The van der Waals surface area contributed by atoms with Gasteiger partial charge >= 0.3 is 17.9 Å². The minimum Gasteiger partial charge on any atom is -0.493 e. The third-order valence-corrected chi connectivity index (χ3v) is 19.2. The summed E-state index contributed by atoms with van der Waals surface area (Å²) >= 11 is 0. The Balaban J connectivity index is 0.000000247. The van der Waals surface area contributed by atoms with E-state index >= 15 is 0 Å². The molecule has 4 saturated carbocycles. The van der Waals surface area contributed by atoms with Gasteiger partial charge in [0, 0.05) is 52.6 Å². The van der Waals surface area contributed by atoms with Gasteiger partial charge < -0.3 is 34.9 Å². The molecule has 0 spiro atoms. The average molecular weight is 1240 g/mol. The topological polar surface area (TPSA) is 175 Å². The number of unbranched alkanes of at least 4 members (excludes halogenated alkanes) is 1. The van der Waals surface area contributed by atoms with Crippen LogP contribution in [0.2, 0.25) is 0 Å². The zero-order valence-corrected chi connectivity index (χ0v) is 57.1. The molecule has 1 atom stereocenters. The second-order valence-corrected chi connectivity index (χ2v) is 27.9. The van der Waals surface area contributed by atoms with Gasteiger partial charge in [-0.1, -0.05) is 174 Å². The first-order chi connectivity index (χ1) is 42.9. The molecule has 4 aliphatic rings. The molecule has 0 saturated heterocycles. The van der Waals surface area contributed by atoms with Crippen LogP contribution in [0.5, 0.6) is 5.75 Å². The molecule has 496 valence electrons. The molecule has 4 fully saturated rings. The van der Waals surface area contributed by atoms with Crippen LogP contribution < -0.4 is 20.7 Å². The molecule has 0 aliphatic heterocycles. The van der Waals surface area contributed by atoms with E-state index in [1.54, 1.807) is 12.2 Å². The van der Waals surface area contributed by atoms with E-state index in [1.165, 1.54) is 80.7 Å². The largest absolute Gasteiger partial charge is 0.493 e. The zero-order chi connectivity index (χ0) is 65.7. The van der Waals surface area contributed by atoms with Crippen molar-refractivity contribution in [1.29, 1.82) is 0 Å². The molecule has 4 aliphatic carbocycles. The van der Waals surface area contributed by atoms with E-state index in [9.17, 15) is 28.8 Å². The van der Waals surface area contributed by atoms with Gasteiger partial charge in [0.1, 0.15) is 24.1 Å². The van der Waals surface area contributed by atoms with Crippen molar-refractivity contribution in [3.8, 4) is 5.75 Å². The van der Waals surface area contributed by atoms with E-state index in [0.717, 1.165) is 125 Å². The summed E-state index contributed by atoms with van der Waals surface area (Å²) in [6, 6.07) is 24.9. The molecular formula is C77H113N3O10. The Morgan fingerprint density at radius 1 is 0.467 bits per heavy atom. The van der Waals surface area contributed by atoms with Crippen molar-refractivity contribution in [2.45, 2.75) is 273 Å². The van der Waals surface area contributed by atoms with Crippen LogP contribution in [0.25, 0.3) is 18.2 Å². The van der Waals surface area contributed by atoms with Crippen molar-refractivity contribution in [1.82, 2.24) is 16.0 Å². The van der Waals surface area contributed by atoms with Crippen LogP contribution in [0.3, 0.4) is 0 Å². The SMILES string of the molecule is CCC(C)(C)C(=O)NC1CCC(OC(=O)/C=C/c2ccc(C)cc2)CC1.CCC(C)(C)C(=O)NC1CCC(OC(=O)/C=C/c2ccc(C3CCCCC3)cc2)CC1.CCCCC(C)COc1ccc(/C=C/C(=O)OC2CCC(NC(=O)C(C)(C)CC)CC2)cc1. The lowest BCUT2D eigenvalue weighted by Crippen LogP contribution is -2.45. The Labute approximate surface area is 541 Å². The number of carbonyl (C=O) groups is 6. The van der Waals surface area contributed by atoms with Crippen molar-refractivity contribution in [2.75, 3.05) is 6.61 Å². The van der Waals surface area contributed by atoms with Crippen molar-refractivity contribution in [2.24, 2.45) is 22.2 Å². The fourth-order valence-corrected chi connectivity index (χ4v) is 11.2. The number of amides is 3. The van der Waals surface area contributed by atoms with Gasteiger partial charge in [-0.25, -0.2) is 14.4 Å². The third-order valence-electron chi connectivity index (χ3n) is 19.2. The number of hydrogen-bond donors (Lipinski definition) is 3.